The summed E-state index contributed by atoms with van der Waals surface area (Å²) >= 11 is 0. The van der Waals surface area contributed by atoms with Crippen LogP contribution >= 0.6 is 0 Å². The summed E-state index contributed by atoms with van der Waals surface area (Å²) in [6.45, 7) is 6.80. The van der Waals surface area contributed by atoms with Crippen molar-refractivity contribution in [1.29, 1.82) is 0 Å². The Kier molecular flexibility index (Phi) is 2.84. The van der Waals surface area contributed by atoms with Crippen LogP contribution in [0.25, 0.3) is 4.85 Å². The average Bonchev–Trinajstić information content (AvgIpc) is 2.30. The van der Waals surface area contributed by atoms with Crippen molar-refractivity contribution in [1.82, 2.24) is 0 Å². The average molecular weight is 213 g/mol. The lowest BCUT2D eigenvalue weighted by Gasteiger charge is -2.05. The van der Waals surface area contributed by atoms with Crippen LogP contribution in [0.3, 0.4) is 0 Å². The molecule has 2 aromatic carbocycles. The highest BCUT2D eigenvalue weighted by atomic mass is 19.1. The van der Waals surface area contributed by atoms with E-state index in [4.69, 9.17) is 11.3 Å². The smallest absolute Gasteiger partial charge is 0.187 e. The van der Waals surface area contributed by atoms with Crippen molar-refractivity contribution in [3.8, 4) is 11.5 Å². The van der Waals surface area contributed by atoms with E-state index < -0.39 is 0 Å². The predicted octanol–water partition coefficient (Wildman–Crippen LogP) is 4.17. The Morgan fingerprint density at radius 2 is 1.75 bits per heavy atom. The van der Waals surface area contributed by atoms with Gasteiger partial charge in [-0.1, -0.05) is 18.2 Å². The van der Waals surface area contributed by atoms with E-state index >= 15 is 0 Å². The quantitative estimate of drug-likeness (QED) is 0.682. The van der Waals surface area contributed by atoms with Gasteiger partial charge in [0.15, 0.2) is 5.69 Å². The number of hydrogen-bond acceptors (Lipinski definition) is 1. The SMILES string of the molecule is [C-]#[N+]c1ccc(Oc2cccc(F)c2)cc1. The summed E-state index contributed by atoms with van der Waals surface area (Å²) in [5.74, 6) is 0.684. The van der Waals surface area contributed by atoms with Crippen molar-refractivity contribution in [2.75, 3.05) is 0 Å². The first-order valence-corrected chi connectivity index (χ1v) is 4.69. The second kappa shape index (κ2) is 4.45. The van der Waals surface area contributed by atoms with Crippen LogP contribution in [-0.2, 0) is 0 Å². The van der Waals surface area contributed by atoms with Crippen molar-refractivity contribution in [3.63, 3.8) is 0 Å². The molecule has 0 aliphatic rings. The molecule has 0 amide bonds. The standard InChI is InChI=1S/C13H8FNO/c1-15-11-5-7-12(8-6-11)16-13-4-2-3-10(14)9-13/h2-9H. The molecule has 78 valence electrons. The first kappa shape index (κ1) is 10.2. The lowest BCUT2D eigenvalue weighted by molar-refractivity contribution is 0.477. The first-order chi connectivity index (χ1) is 7.78. The van der Waals surface area contributed by atoms with Gasteiger partial charge < -0.3 is 4.74 Å². The Bertz CT molecular complexity index is 528. The van der Waals surface area contributed by atoms with E-state index in [-0.39, 0.29) is 5.82 Å². The third kappa shape index (κ3) is 2.37. The van der Waals surface area contributed by atoms with E-state index in [0.717, 1.165) is 0 Å². The number of halogens is 1. The highest BCUT2D eigenvalue weighted by Crippen LogP contribution is 2.24. The van der Waals surface area contributed by atoms with Gasteiger partial charge in [0, 0.05) is 6.07 Å². The third-order valence-electron chi connectivity index (χ3n) is 2.00. The Hall–Kier alpha value is -2.34. The lowest BCUT2D eigenvalue weighted by atomic mass is 10.3. The summed E-state index contributed by atoms with van der Waals surface area (Å²) in [5, 5.41) is 0. The van der Waals surface area contributed by atoms with Gasteiger partial charge in [0.05, 0.1) is 6.57 Å². The molecule has 0 saturated carbocycles. The van der Waals surface area contributed by atoms with Crippen LogP contribution in [0.1, 0.15) is 0 Å². The fourth-order valence-corrected chi connectivity index (χ4v) is 1.26. The highest BCUT2D eigenvalue weighted by Gasteiger charge is 1.98. The molecular weight excluding hydrogens is 205 g/mol. The van der Waals surface area contributed by atoms with Crippen molar-refractivity contribution in [2.24, 2.45) is 0 Å². The van der Waals surface area contributed by atoms with Crippen molar-refractivity contribution >= 4 is 5.69 Å². The molecule has 0 saturated heterocycles. The fourth-order valence-electron chi connectivity index (χ4n) is 1.26. The zero-order valence-corrected chi connectivity index (χ0v) is 8.35. The molecule has 0 atom stereocenters. The van der Waals surface area contributed by atoms with E-state index in [1.165, 1.54) is 12.1 Å². The van der Waals surface area contributed by atoms with Gasteiger partial charge in [-0.25, -0.2) is 9.24 Å². The maximum Gasteiger partial charge on any atom is 0.187 e. The molecular formula is C13H8FNO. The molecule has 2 nitrogen and oxygen atoms in total. The Balaban J connectivity index is 2.18. The monoisotopic (exact) mass is 213 g/mol. The maximum absolute atomic E-state index is 12.9. The van der Waals surface area contributed by atoms with E-state index in [1.54, 1.807) is 36.4 Å². The molecule has 0 bridgehead atoms. The molecule has 2 rings (SSSR count). The molecule has 0 fully saturated rings. The highest BCUT2D eigenvalue weighted by molar-refractivity contribution is 5.47. The van der Waals surface area contributed by atoms with Crippen LogP contribution in [0.4, 0.5) is 10.1 Å². The summed E-state index contributed by atoms with van der Waals surface area (Å²) in [6.07, 6.45) is 0. The molecule has 0 spiro atoms. The molecule has 0 N–H and O–H groups in total. The first-order valence-electron chi connectivity index (χ1n) is 4.69. The van der Waals surface area contributed by atoms with Gasteiger partial charge in [0.2, 0.25) is 0 Å². The Morgan fingerprint density at radius 1 is 1.00 bits per heavy atom. The summed E-state index contributed by atoms with van der Waals surface area (Å²) < 4.78 is 18.3. The topological polar surface area (TPSA) is 13.6 Å². The van der Waals surface area contributed by atoms with E-state index in [0.29, 0.717) is 17.2 Å². The van der Waals surface area contributed by atoms with E-state index in [2.05, 4.69) is 4.85 Å². The minimum Gasteiger partial charge on any atom is -0.457 e. The largest absolute Gasteiger partial charge is 0.457 e. The van der Waals surface area contributed by atoms with Crippen LogP contribution in [-0.4, -0.2) is 0 Å². The molecule has 0 aliphatic carbocycles. The van der Waals surface area contributed by atoms with Crippen molar-refractivity contribution < 1.29 is 9.13 Å². The molecule has 0 aromatic heterocycles. The minimum atomic E-state index is -0.338. The molecule has 0 radical (unpaired) electrons. The zero-order valence-electron chi connectivity index (χ0n) is 8.35. The molecule has 3 heteroatoms. The summed E-state index contributed by atoms with van der Waals surface area (Å²) in [4.78, 5) is 3.27. The number of benzene rings is 2. The van der Waals surface area contributed by atoms with Crippen LogP contribution in [0.5, 0.6) is 11.5 Å². The van der Waals surface area contributed by atoms with Crippen LogP contribution in [0, 0.1) is 12.4 Å². The second-order valence-corrected chi connectivity index (χ2v) is 3.17. The van der Waals surface area contributed by atoms with Crippen molar-refractivity contribution in [3.05, 3.63) is 65.8 Å². The molecule has 2 aromatic rings. The number of nitrogens with zero attached hydrogens (tertiary/aromatic N) is 1. The fraction of sp³-hybridized carbons (Fsp3) is 0. The molecule has 0 aliphatic heterocycles. The second-order valence-electron chi connectivity index (χ2n) is 3.17. The zero-order chi connectivity index (χ0) is 11.4. The van der Waals surface area contributed by atoms with Gasteiger partial charge in [0.25, 0.3) is 0 Å². The molecule has 0 unspecified atom stereocenters. The number of hydrogen-bond donors (Lipinski definition) is 0. The van der Waals surface area contributed by atoms with Gasteiger partial charge in [-0.2, -0.15) is 0 Å². The van der Waals surface area contributed by atoms with Gasteiger partial charge in [-0.3, -0.25) is 0 Å². The lowest BCUT2D eigenvalue weighted by Crippen LogP contribution is -1.84. The van der Waals surface area contributed by atoms with Gasteiger partial charge in [0.1, 0.15) is 17.3 Å². The number of ether oxygens (including phenoxy) is 1. The van der Waals surface area contributed by atoms with E-state index in [9.17, 15) is 4.39 Å². The molecule has 16 heavy (non-hydrogen) atoms. The maximum atomic E-state index is 12.9. The Labute approximate surface area is 92.7 Å². The van der Waals surface area contributed by atoms with Crippen LogP contribution in [0.2, 0.25) is 0 Å². The van der Waals surface area contributed by atoms with Gasteiger partial charge >= 0.3 is 0 Å². The normalized spacial score (nSPS) is 9.50. The van der Waals surface area contributed by atoms with Crippen LogP contribution < -0.4 is 4.74 Å². The third-order valence-corrected chi connectivity index (χ3v) is 2.00. The van der Waals surface area contributed by atoms with Crippen LogP contribution in [0.15, 0.2) is 48.5 Å². The molecule has 0 heterocycles. The minimum absolute atomic E-state index is 0.338. The van der Waals surface area contributed by atoms with E-state index in [1.807, 2.05) is 0 Å². The summed E-state index contributed by atoms with van der Waals surface area (Å²) in [5.41, 5.74) is 0.548. The number of rotatable bonds is 2. The summed E-state index contributed by atoms with van der Waals surface area (Å²) in [7, 11) is 0. The Morgan fingerprint density at radius 3 is 2.38 bits per heavy atom. The van der Waals surface area contributed by atoms with Crippen molar-refractivity contribution in [2.45, 2.75) is 0 Å². The summed E-state index contributed by atoms with van der Waals surface area (Å²) in [6, 6.07) is 12.6. The van der Waals surface area contributed by atoms with Gasteiger partial charge in [-0.05, 0) is 24.3 Å². The predicted molar refractivity (Wildman–Crippen MR) is 59.2 cm³/mol. The van der Waals surface area contributed by atoms with Gasteiger partial charge in [-0.15, -0.1) is 0 Å².